The van der Waals surface area contributed by atoms with Gasteiger partial charge in [0.05, 0.1) is 17.7 Å². The molecule has 1 N–H and O–H groups in total. The molecule has 1 aliphatic carbocycles. The maximum atomic E-state index is 5.79. The number of nitrogens with one attached hydrogen (secondary N) is 1. The van der Waals surface area contributed by atoms with Crippen molar-refractivity contribution in [1.29, 1.82) is 0 Å². The van der Waals surface area contributed by atoms with Crippen LogP contribution in [0.25, 0.3) is 0 Å². The normalized spacial score (nSPS) is 24.9. The summed E-state index contributed by atoms with van der Waals surface area (Å²) in [5, 5.41) is 4.51. The molecule has 0 aromatic heterocycles. The molecule has 1 fully saturated rings. The number of rotatable bonds is 4. The second-order valence-corrected chi connectivity index (χ2v) is 7.70. The summed E-state index contributed by atoms with van der Waals surface area (Å²) < 4.78 is 12.5. The fourth-order valence-electron chi connectivity index (χ4n) is 2.99. The first-order chi connectivity index (χ1) is 10.3. The highest BCUT2D eigenvalue weighted by Crippen LogP contribution is 2.38. The van der Waals surface area contributed by atoms with Crippen LogP contribution in [0.2, 0.25) is 0 Å². The molecule has 21 heavy (non-hydrogen) atoms. The summed E-state index contributed by atoms with van der Waals surface area (Å²) in [6.07, 6.45) is 7.06. The summed E-state index contributed by atoms with van der Waals surface area (Å²) in [6.45, 7) is 2.34. The van der Waals surface area contributed by atoms with Gasteiger partial charge in [0.15, 0.2) is 11.5 Å². The zero-order valence-corrected chi connectivity index (χ0v) is 14.8. The quantitative estimate of drug-likeness (QED) is 0.866. The summed E-state index contributed by atoms with van der Waals surface area (Å²) in [5.74, 6) is 1.71. The van der Waals surface area contributed by atoms with Crippen LogP contribution in [0.1, 0.15) is 31.2 Å². The summed E-state index contributed by atoms with van der Waals surface area (Å²) >= 11 is 5.60. The van der Waals surface area contributed by atoms with Crippen LogP contribution in [0.4, 0.5) is 0 Å². The monoisotopic (exact) mass is 371 g/mol. The highest BCUT2D eigenvalue weighted by Gasteiger charge is 2.23. The predicted octanol–water partition coefficient (Wildman–Crippen LogP) is 3.98. The number of ether oxygens (including phenoxy) is 2. The third-order valence-electron chi connectivity index (χ3n) is 4.17. The van der Waals surface area contributed by atoms with E-state index in [1.807, 2.05) is 11.8 Å². The van der Waals surface area contributed by atoms with Crippen molar-refractivity contribution in [2.45, 2.75) is 43.5 Å². The molecule has 2 unspecified atom stereocenters. The van der Waals surface area contributed by atoms with Crippen LogP contribution >= 0.6 is 27.7 Å². The zero-order chi connectivity index (χ0) is 14.7. The van der Waals surface area contributed by atoms with Gasteiger partial charge in [0.25, 0.3) is 0 Å². The topological polar surface area (TPSA) is 30.5 Å². The van der Waals surface area contributed by atoms with Gasteiger partial charge in [0.1, 0.15) is 0 Å². The smallest absolute Gasteiger partial charge is 0.175 e. The molecule has 2 aliphatic rings. The summed E-state index contributed by atoms with van der Waals surface area (Å²) in [7, 11) is 0. The average molecular weight is 372 g/mol. The molecule has 1 saturated carbocycles. The van der Waals surface area contributed by atoms with Crippen molar-refractivity contribution in [3.8, 4) is 11.5 Å². The van der Waals surface area contributed by atoms with Crippen LogP contribution in [0.5, 0.6) is 11.5 Å². The lowest BCUT2D eigenvalue weighted by molar-refractivity contribution is 0.296. The Kier molecular flexibility index (Phi) is 5.35. The van der Waals surface area contributed by atoms with E-state index in [0.29, 0.717) is 6.04 Å². The van der Waals surface area contributed by atoms with Gasteiger partial charge in [-0.2, -0.15) is 11.8 Å². The number of hydrogen-bond acceptors (Lipinski definition) is 4. The van der Waals surface area contributed by atoms with Gasteiger partial charge in [0.2, 0.25) is 0 Å². The van der Waals surface area contributed by atoms with Crippen LogP contribution < -0.4 is 14.8 Å². The van der Waals surface area contributed by atoms with Crippen molar-refractivity contribution in [3.63, 3.8) is 0 Å². The van der Waals surface area contributed by atoms with E-state index in [-0.39, 0.29) is 0 Å². The molecular weight excluding hydrogens is 350 g/mol. The van der Waals surface area contributed by atoms with E-state index >= 15 is 0 Å². The largest absolute Gasteiger partial charge is 0.490 e. The van der Waals surface area contributed by atoms with Crippen LogP contribution in [0, 0.1) is 0 Å². The van der Waals surface area contributed by atoms with Gasteiger partial charge in [0, 0.05) is 24.3 Å². The predicted molar refractivity (Wildman–Crippen MR) is 91.5 cm³/mol. The molecule has 5 heteroatoms. The Bertz CT molecular complexity index is 497. The highest BCUT2D eigenvalue weighted by molar-refractivity contribution is 9.10. The minimum absolute atomic E-state index is 0.650. The standard InChI is InChI=1S/C16H22BrNO2S/c1-21-13-4-3-12(9-13)18-10-11-7-14(17)16-15(8-11)19-5-2-6-20-16/h7-8,12-13,18H,2-6,9-10H2,1H3. The second kappa shape index (κ2) is 7.25. The lowest BCUT2D eigenvalue weighted by Gasteiger charge is -2.15. The summed E-state index contributed by atoms with van der Waals surface area (Å²) in [6, 6.07) is 4.90. The molecule has 0 spiro atoms. The van der Waals surface area contributed by atoms with Crippen LogP contribution in [-0.4, -0.2) is 30.8 Å². The third-order valence-corrected chi connectivity index (χ3v) is 5.86. The Balaban J connectivity index is 1.63. The molecule has 0 radical (unpaired) electrons. The Morgan fingerprint density at radius 2 is 2.14 bits per heavy atom. The third kappa shape index (κ3) is 3.88. The first-order valence-corrected chi connectivity index (χ1v) is 9.68. The van der Waals surface area contributed by atoms with Crippen LogP contribution in [-0.2, 0) is 6.54 Å². The first-order valence-electron chi connectivity index (χ1n) is 7.60. The van der Waals surface area contributed by atoms with Crippen molar-refractivity contribution in [2.75, 3.05) is 19.5 Å². The van der Waals surface area contributed by atoms with Crippen molar-refractivity contribution < 1.29 is 9.47 Å². The fraction of sp³-hybridized carbons (Fsp3) is 0.625. The lowest BCUT2D eigenvalue weighted by Crippen LogP contribution is -2.26. The van der Waals surface area contributed by atoms with Crippen molar-refractivity contribution in [2.24, 2.45) is 0 Å². The van der Waals surface area contributed by atoms with E-state index in [9.17, 15) is 0 Å². The highest BCUT2D eigenvalue weighted by atomic mass is 79.9. The number of hydrogen-bond donors (Lipinski definition) is 1. The minimum Gasteiger partial charge on any atom is -0.490 e. The molecule has 0 amide bonds. The van der Waals surface area contributed by atoms with E-state index in [1.165, 1.54) is 24.8 Å². The molecule has 1 heterocycles. The van der Waals surface area contributed by atoms with Crippen molar-refractivity contribution in [1.82, 2.24) is 5.32 Å². The van der Waals surface area contributed by atoms with E-state index in [0.717, 1.165) is 47.4 Å². The number of benzene rings is 1. The molecule has 1 aliphatic heterocycles. The van der Waals surface area contributed by atoms with E-state index in [4.69, 9.17) is 9.47 Å². The van der Waals surface area contributed by atoms with Gasteiger partial charge in [-0.05, 0) is 59.1 Å². The van der Waals surface area contributed by atoms with E-state index < -0.39 is 0 Å². The van der Waals surface area contributed by atoms with Crippen LogP contribution in [0.15, 0.2) is 16.6 Å². The number of fused-ring (bicyclic) bond motifs is 1. The molecule has 1 aromatic rings. The number of halogens is 1. The molecule has 0 bridgehead atoms. The van der Waals surface area contributed by atoms with Gasteiger partial charge < -0.3 is 14.8 Å². The molecule has 1 aromatic carbocycles. The van der Waals surface area contributed by atoms with Gasteiger partial charge in [-0.25, -0.2) is 0 Å². The molecule has 2 atom stereocenters. The van der Waals surface area contributed by atoms with Gasteiger partial charge in [-0.15, -0.1) is 0 Å². The summed E-state index contributed by atoms with van der Waals surface area (Å²) in [4.78, 5) is 0. The van der Waals surface area contributed by atoms with Gasteiger partial charge >= 0.3 is 0 Å². The summed E-state index contributed by atoms with van der Waals surface area (Å²) in [5.41, 5.74) is 1.25. The molecule has 3 nitrogen and oxygen atoms in total. The Morgan fingerprint density at radius 3 is 2.95 bits per heavy atom. The molecular formula is C16H22BrNO2S. The van der Waals surface area contributed by atoms with Gasteiger partial charge in [-0.3, -0.25) is 0 Å². The SMILES string of the molecule is CSC1CCC(NCc2cc(Br)c3c(c2)OCCCO3)C1. The van der Waals surface area contributed by atoms with Crippen molar-refractivity contribution in [3.05, 3.63) is 22.2 Å². The van der Waals surface area contributed by atoms with Crippen LogP contribution in [0.3, 0.4) is 0 Å². The lowest BCUT2D eigenvalue weighted by atomic mass is 10.1. The second-order valence-electron chi connectivity index (χ2n) is 5.70. The molecule has 116 valence electrons. The Hall–Kier alpha value is -0.390. The van der Waals surface area contributed by atoms with Gasteiger partial charge in [-0.1, -0.05) is 0 Å². The zero-order valence-electron chi connectivity index (χ0n) is 12.4. The minimum atomic E-state index is 0.650. The number of thioether (sulfide) groups is 1. The van der Waals surface area contributed by atoms with Crippen molar-refractivity contribution >= 4 is 27.7 Å². The van der Waals surface area contributed by atoms with E-state index in [2.05, 4.69) is 39.6 Å². The maximum Gasteiger partial charge on any atom is 0.175 e. The maximum absolute atomic E-state index is 5.79. The Morgan fingerprint density at radius 1 is 1.29 bits per heavy atom. The fourth-order valence-corrected chi connectivity index (χ4v) is 4.39. The average Bonchev–Trinajstić information content (AvgIpc) is 2.82. The Labute approximate surface area is 139 Å². The molecule has 0 saturated heterocycles. The first kappa shape index (κ1) is 15.5. The molecule has 3 rings (SSSR count). The van der Waals surface area contributed by atoms with E-state index in [1.54, 1.807) is 0 Å².